The number of alkyl halides is 3. The van der Waals surface area contributed by atoms with Gasteiger partial charge in [-0.05, 0) is 30.7 Å². The van der Waals surface area contributed by atoms with Gasteiger partial charge in [-0.25, -0.2) is 0 Å². The van der Waals surface area contributed by atoms with Crippen molar-refractivity contribution in [2.24, 2.45) is 0 Å². The molecule has 18 heavy (non-hydrogen) atoms. The number of nitrogens with zero attached hydrogens (tertiary/aromatic N) is 2. The molecular formula is C12H8ClF3N2. The summed E-state index contributed by atoms with van der Waals surface area (Å²) in [6, 6.07) is 3.84. The SMILES string of the molecule is Cc1cnc(-c2ccc(C(F)(F)F)nc2)cc1Cl. The van der Waals surface area contributed by atoms with Crippen molar-refractivity contribution in [2.75, 3.05) is 0 Å². The van der Waals surface area contributed by atoms with Gasteiger partial charge in [0.25, 0.3) is 0 Å². The third-order valence-corrected chi connectivity index (χ3v) is 2.79. The van der Waals surface area contributed by atoms with E-state index in [9.17, 15) is 13.2 Å². The molecule has 0 saturated heterocycles. The third-order valence-electron chi connectivity index (χ3n) is 2.39. The third kappa shape index (κ3) is 2.61. The Morgan fingerprint density at radius 3 is 2.33 bits per heavy atom. The summed E-state index contributed by atoms with van der Waals surface area (Å²) in [5.74, 6) is 0. The second kappa shape index (κ2) is 4.57. The smallest absolute Gasteiger partial charge is 0.256 e. The molecule has 0 spiro atoms. The summed E-state index contributed by atoms with van der Waals surface area (Å²) < 4.78 is 37.0. The van der Waals surface area contributed by atoms with E-state index in [1.807, 2.05) is 0 Å². The van der Waals surface area contributed by atoms with E-state index in [2.05, 4.69) is 9.97 Å². The van der Waals surface area contributed by atoms with Gasteiger partial charge in [0.15, 0.2) is 0 Å². The van der Waals surface area contributed by atoms with Gasteiger partial charge in [-0.15, -0.1) is 0 Å². The predicted molar refractivity (Wildman–Crippen MR) is 62.2 cm³/mol. The highest BCUT2D eigenvalue weighted by Gasteiger charge is 2.32. The number of aryl methyl sites for hydroxylation is 1. The molecule has 6 heteroatoms. The first-order valence-electron chi connectivity index (χ1n) is 5.03. The summed E-state index contributed by atoms with van der Waals surface area (Å²) in [4.78, 5) is 7.47. The molecule has 0 saturated carbocycles. The monoisotopic (exact) mass is 272 g/mol. The van der Waals surface area contributed by atoms with Gasteiger partial charge in [-0.1, -0.05) is 11.6 Å². The van der Waals surface area contributed by atoms with Crippen LogP contribution in [0.2, 0.25) is 5.02 Å². The Morgan fingerprint density at radius 2 is 1.83 bits per heavy atom. The zero-order valence-electron chi connectivity index (χ0n) is 9.29. The van der Waals surface area contributed by atoms with Crippen LogP contribution in [0.15, 0.2) is 30.6 Å². The molecule has 0 unspecified atom stereocenters. The van der Waals surface area contributed by atoms with Crippen molar-refractivity contribution in [3.63, 3.8) is 0 Å². The summed E-state index contributed by atoms with van der Waals surface area (Å²) in [5, 5.41) is 0.514. The van der Waals surface area contributed by atoms with Crippen molar-refractivity contribution in [1.29, 1.82) is 0 Å². The van der Waals surface area contributed by atoms with Gasteiger partial charge in [0.1, 0.15) is 5.69 Å². The van der Waals surface area contributed by atoms with Crippen LogP contribution in [0.3, 0.4) is 0 Å². The first-order valence-corrected chi connectivity index (χ1v) is 5.41. The maximum Gasteiger partial charge on any atom is 0.433 e. The maximum absolute atomic E-state index is 12.3. The molecule has 0 aliphatic carbocycles. The fourth-order valence-corrected chi connectivity index (χ4v) is 1.52. The van der Waals surface area contributed by atoms with Crippen LogP contribution in [-0.2, 0) is 6.18 Å². The van der Waals surface area contributed by atoms with Crippen LogP contribution in [0, 0.1) is 6.92 Å². The number of hydrogen-bond acceptors (Lipinski definition) is 2. The Labute approximate surface area is 106 Å². The van der Waals surface area contributed by atoms with E-state index in [0.29, 0.717) is 16.3 Å². The lowest BCUT2D eigenvalue weighted by Crippen LogP contribution is -2.07. The Balaban J connectivity index is 2.37. The number of aromatic nitrogens is 2. The van der Waals surface area contributed by atoms with Crippen molar-refractivity contribution in [3.8, 4) is 11.3 Å². The molecule has 0 aliphatic rings. The minimum Gasteiger partial charge on any atom is -0.256 e. The van der Waals surface area contributed by atoms with Crippen LogP contribution < -0.4 is 0 Å². The molecule has 0 atom stereocenters. The summed E-state index contributed by atoms with van der Waals surface area (Å²) in [6.45, 7) is 1.80. The van der Waals surface area contributed by atoms with Gasteiger partial charge < -0.3 is 0 Å². The van der Waals surface area contributed by atoms with Crippen LogP contribution in [0.25, 0.3) is 11.3 Å². The Kier molecular flexibility index (Phi) is 3.26. The van der Waals surface area contributed by atoms with Crippen molar-refractivity contribution in [3.05, 3.63) is 46.9 Å². The molecule has 0 N–H and O–H groups in total. The highest BCUT2D eigenvalue weighted by Crippen LogP contribution is 2.29. The standard InChI is InChI=1S/C12H8ClF3N2/c1-7-5-17-10(4-9(7)13)8-2-3-11(18-6-8)12(14,15)16/h2-6H,1H3. The van der Waals surface area contributed by atoms with Crippen LogP contribution in [0.1, 0.15) is 11.3 Å². The molecular weight excluding hydrogens is 265 g/mol. The van der Waals surface area contributed by atoms with Crippen molar-refractivity contribution >= 4 is 11.6 Å². The predicted octanol–water partition coefficient (Wildman–Crippen LogP) is 4.12. The quantitative estimate of drug-likeness (QED) is 0.780. The minimum absolute atomic E-state index is 0.491. The van der Waals surface area contributed by atoms with Gasteiger partial charge in [0, 0.05) is 23.0 Å². The fraction of sp³-hybridized carbons (Fsp3) is 0.167. The molecule has 94 valence electrons. The number of rotatable bonds is 1. The van der Waals surface area contributed by atoms with E-state index >= 15 is 0 Å². The van der Waals surface area contributed by atoms with E-state index in [1.54, 1.807) is 19.2 Å². The van der Waals surface area contributed by atoms with Gasteiger partial charge in [-0.3, -0.25) is 9.97 Å². The van der Waals surface area contributed by atoms with Crippen molar-refractivity contribution in [1.82, 2.24) is 9.97 Å². The second-order valence-corrected chi connectivity index (χ2v) is 4.16. The molecule has 2 aromatic rings. The molecule has 0 amide bonds. The highest BCUT2D eigenvalue weighted by atomic mass is 35.5. The van der Waals surface area contributed by atoms with Gasteiger partial charge >= 0.3 is 6.18 Å². The average Bonchev–Trinajstić information content (AvgIpc) is 2.32. The van der Waals surface area contributed by atoms with Crippen LogP contribution in [0.4, 0.5) is 13.2 Å². The molecule has 0 aromatic carbocycles. The molecule has 0 fully saturated rings. The minimum atomic E-state index is -4.43. The number of pyridine rings is 2. The zero-order chi connectivity index (χ0) is 13.3. The average molecular weight is 273 g/mol. The van der Waals surface area contributed by atoms with E-state index < -0.39 is 11.9 Å². The summed E-state index contributed by atoms with van der Waals surface area (Å²) in [5.41, 5.74) is 0.862. The lowest BCUT2D eigenvalue weighted by Gasteiger charge is -2.07. The van der Waals surface area contributed by atoms with E-state index in [0.717, 1.165) is 17.8 Å². The van der Waals surface area contributed by atoms with Gasteiger partial charge in [0.05, 0.1) is 5.69 Å². The van der Waals surface area contributed by atoms with Gasteiger partial charge in [0.2, 0.25) is 0 Å². The first kappa shape index (κ1) is 12.8. The largest absolute Gasteiger partial charge is 0.433 e. The Hall–Kier alpha value is -1.62. The molecule has 2 heterocycles. The molecule has 2 nitrogen and oxygen atoms in total. The maximum atomic E-state index is 12.3. The molecule has 2 rings (SSSR count). The number of halogens is 4. The first-order chi connectivity index (χ1) is 8.38. The van der Waals surface area contributed by atoms with Gasteiger partial charge in [-0.2, -0.15) is 13.2 Å². The van der Waals surface area contributed by atoms with Crippen LogP contribution >= 0.6 is 11.6 Å². The molecule has 0 radical (unpaired) electrons. The normalized spacial score (nSPS) is 11.6. The molecule has 0 aliphatic heterocycles. The van der Waals surface area contributed by atoms with E-state index in [1.165, 1.54) is 6.07 Å². The molecule has 2 aromatic heterocycles. The van der Waals surface area contributed by atoms with Crippen molar-refractivity contribution < 1.29 is 13.2 Å². The lowest BCUT2D eigenvalue weighted by molar-refractivity contribution is -0.141. The van der Waals surface area contributed by atoms with E-state index in [-0.39, 0.29) is 0 Å². The van der Waals surface area contributed by atoms with Crippen LogP contribution in [0.5, 0.6) is 0 Å². The molecule has 0 bridgehead atoms. The summed E-state index contributed by atoms with van der Waals surface area (Å²) in [6.07, 6.45) is -1.73. The Bertz CT molecular complexity index is 565. The Morgan fingerprint density at radius 1 is 1.11 bits per heavy atom. The van der Waals surface area contributed by atoms with E-state index in [4.69, 9.17) is 11.6 Å². The second-order valence-electron chi connectivity index (χ2n) is 3.75. The topological polar surface area (TPSA) is 25.8 Å². The summed E-state index contributed by atoms with van der Waals surface area (Å²) >= 11 is 5.93. The van der Waals surface area contributed by atoms with Crippen molar-refractivity contribution in [2.45, 2.75) is 13.1 Å². The van der Waals surface area contributed by atoms with Crippen LogP contribution in [-0.4, -0.2) is 9.97 Å². The summed E-state index contributed by atoms with van der Waals surface area (Å²) in [7, 11) is 0. The number of hydrogen-bond donors (Lipinski definition) is 0. The zero-order valence-corrected chi connectivity index (χ0v) is 10.0. The lowest BCUT2D eigenvalue weighted by atomic mass is 10.1. The highest BCUT2D eigenvalue weighted by molar-refractivity contribution is 6.31. The fourth-order valence-electron chi connectivity index (χ4n) is 1.37.